The molecule has 3 saturated heterocycles. The van der Waals surface area contributed by atoms with Gasteiger partial charge in [-0.25, -0.2) is 0 Å². The zero-order valence-corrected chi connectivity index (χ0v) is 20.5. The lowest BCUT2D eigenvalue weighted by atomic mass is 9.83. The van der Waals surface area contributed by atoms with Crippen molar-refractivity contribution in [2.45, 2.75) is 24.9 Å². The lowest BCUT2D eigenvalue weighted by Crippen LogP contribution is -2.66. The summed E-state index contributed by atoms with van der Waals surface area (Å²) in [4.78, 5) is 26.4. The van der Waals surface area contributed by atoms with E-state index in [0.717, 1.165) is 42.9 Å². The molecule has 6 nitrogen and oxygen atoms in total. The number of piperidine rings is 3. The van der Waals surface area contributed by atoms with Crippen LogP contribution in [0.1, 0.15) is 24.3 Å². The summed E-state index contributed by atoms with van der Waals surface area (Å²) in [7, 11) is 0. The fraction of sp³-hybridized carbons (Fsp3) is 0.333. The number of amides is 1. The Morgan fingerprint density at radius 3 is 2.06 bits per heavy atom. The van der Waals surface area contributed by atoms with Crippen molar-refractivity contribution >= 4 is 23.3 Å². The number of hydrogen-bond acceptors (Lipinski definition) is 4. The number of fused-ring (bicyclic) bond motifs is 3. The second-order valence-corrected chi connectivity index (χ2v) is 10.1. The fourth-order valence-corrected chi connectivity index (χ4v) is 5.63. The molecule has 3 aromatic carbocycles. The molecule has 6 rings (SSSR count). The number of benzene rings is 3. The SMILES string of the molecule is O=C(C[N+]12CCC(CC1)[C@@H](OC(=O)C(CNc1ccccc1)c1ccccc1)C2)Nc1ccccc1. The molecule has 6 heteroatoms. The number of hydrogen-bond donors (Lipinski definition) is 2. The summed E-state index contributed by atoms with van der Waals surface area (Å²) in [5.41, 5.74) is 2.73. The molecule has 0 aromatic heterocycles. The molecule has 2 N–H and O–H groups in total. The van der Waals surface area contributed by atoms with Gasteiger partial charge in [-0.3, -0.25) is 9.59 Å². The molecule has 2 bridgehead atoms. The second kappa shape index (κ2) is 11.0. The van der Waals surface area contributed by atoms with Crippen LogP contribution in [-0.4, -0.2) is 55.2 Å². The zero-order chi connectivity index (χ0) is 24.8. The summed E-state index contributed by atoms with van der Waals surface area (Å²) in [6.45, 7) is 3.49. The Kier molecular flexibility index (Phi) is 7.33. The van der Waals surface area contributed by atoms with Crippen molar-refractivity contribution in [2.75, 3.05) is 43.4 Å². The Balaban J connectivity index is 1.25. The van der Waals surface area contributed by atoms with Crippen molar-refractivity contribution in [3.63, 3.8) is 0 Å². The first kappa shape index (κ1) is 24.1. The van der Waals surface area contributed by atoms with Gasteiger partial charge in [0, 0.05) is 36.7 Å². The Bertz CT molecular complexity index is 1150. The number of esters is 1. The number of quaternary nitrogens is 1. The van der Waals surface area contributed by atoms with E-state index < -0.39 is 5.92 Å². The number of anilines is 2. The average Bonchev–Trinajstić information content (AvgIpc) is 2.91. The van der Waals surface area contributed by atoms with E-state index in [4.69, 9.17) is 4.74 Å². The van der Waals surface area contributed by atoms with Gasteiger partial charge in [0.05, 0.1) is 19.0 Å². The van der Waals surface area contributed by atoms with E-state index in [1.54, 1.807) is 0 Å². The lowest BCUT2D eigenvalue weighted by molar-refractivity contribution is -0.938. The minimum absolute atomic E-state index is 0.0147. The summed E-state index contributed by atoms with van der Waals surface area (Å²) in [5, 5.41) is 6.42. The van der Waals surface area contributed by atoms with Gasteiger partial charge >= 0.3 is 5.97 Å². The van der Waals surface area contributed by atoms with Crippen molar-refractivity contribution in [3.8, 4) is 0 Å². The maximum absolute atomic E-state index is 13.5. The first-order valence-electron chi connectivity index (χ1n) is 12.8. The van der Waals surface area contributed by atoms with Crippen LogP contribution in [0, 0.1) is 5.92 Å². The van der Waals surface area contributed by atoms with Crippen LogP contribution in [0.5, 0.6) is 0 Å². The standard InChI is InChI=1S/C30H33N3O3/c34-29(32-26-14-8-3-9-15-26)22-33-18-16-24(17-19-33)28(21-33)36-30(35)27(23-10-4-1-5-11-23)20-31-25-12-6-2-7-13-25/h1-15,24,27-28,31H,16-22H2/p+1/t24?,27?,28-,33?/m0/s1. The van der Waals surface area contributed by atoms with Crippen LogP contribution >= 0.6 is 0 Å². The van der Waals surface area contributed by atoms with Crippen LogP contribution in [-0.2, 0) is 14.3 Å². The number of ether oxygens (including phenoxy) is 1. The number of rotatable bonds is 9. The minimum Gasteiger partial charge on any atom is -0.456 e. The molecule has 186 valence electrons. The van der Waals surface area contributed by atoms with Gasteiger partial charge in [-0.15, -0.1) is 0 Å². The third kappa shape index (κ3) is 5.77. The van der Waals surface area contributed by atoms with E-state index in [0.29, 0.717) is 30.0 Å². The quantitative estimate of drug-likeness (QED) is 0.342. The highest BCUT2D eigenvalue weighted by Gasteiger charge is 2.49. The van der Waals surface area contributed by atoms with Gasteiger partial charge in [-0.05, 0) is 29.8 Å². The summed E-state index contributed by atoms with van der Waals surface area (Å²) in [5.74, 6) is -0.225. The molecule has 1 unspecified atom stereocenters. The molecule has 2 atom stereocenters. The predicted molar refractivity (Wildman–Crippen MR) is 142 cm³/mol. The second-order valence-electron chi connectivity index (χ2n) is 10.1. The largest absolute Gasteiger partial charge is 0.456 e. The van der Waals surface area contributed by atoms with E-state index in [9.17, 15) is 9.59 Å². The molecular weight excluding hydrogens is 450 g/mol. The van der Waals surface area contributed by atoms with Gasteiger partial charge in [-0.2, -0.15) is 0 Å². The Morgan fingerprint density at radius 2 is 1.42 bits per heavy atom. The van der Waals surface area contributed by atoms with Gasteiger partial charge in [0.15, 0.2) is 12.6 Å². The fourth-order valence-electron chi connectivity index (χ4n) is 5.63. The monoisotopic (exact) mass is 484 g/mol. The molecule has 1 amide bonds. The van der Waals surface area contributed by atoms with Crippen LogP contribution in [0.4, 0.5) is 11.4 Å². The Hall–Kier alpha value is -3.64. The van der Waals surface area contributed by atoms with E-state index in [1.165, 1.54) is 0 Å². The third-order valence-corrected chi connectivity index (χ3v) is 7.62. The first-order valence-corrected chi connectivity index (χ1v) is 12.8. The molecule has 3 aliphatic heterocycles. The molecule has 3 aliphatic rings. The topological polar surface area (TPSA) is 67.4 Å². The Labute approximate surface area is 212 Å². The maximum atomic E-state index is 13.5. The smallest absolute Gasteiger partial charge is 0.315 e. The zero-order valence-electron chi connectivity index (χ0n) is 20.5. The highest BCUT2D eigenvalue weighted by Crippen LogP contribution is 2.36. The highest BCUT2D eigenvalue weighted by molar-refractivity contribution is 5.91. The molecule has 3 heterocycles. The van der Waals surface area contributed by atoms with Crippen LogP contribution < -0.4 is 10.6 Å². The lowest BCUT2D eigenvalue weighted by Gasteiger charge is -2.51. The van der Waals surface area contributed by atoms with Gasteiger partial charge in [0.25, 0.3) is 5.91 Å². The van der Waals surface area contributed by atoms with E-state index >= 15 is 0 Å². The summed E-state index contributed by atoms with van der Waals surface area (Å²) >= 11 is 0. The first-order chi connectivity index (χ1) is 17.6. The van der Waals surface area contributed by atoms with Crippen molar-refractivity contribution in [2.24, 2.45) is 5.92 Å². The summed E-state index contributed by atoms with van der Waals surface area (Å²) in [6, 6.07) is 29.3. The molecule has 3 fully saturated rings. The van der Waals surface area contributed by atoms with Crippen molar-refractivity contribution in [1.82, 2.24) is 0 Å². The van der Waals surface area contributed by atoms with E-state index in [1.807, 2.05) is 91.0 Å². The average molecular weight is 485 g/mol. The summed E-state index contributed by atoms with van der Waals surface area (Å²) < 4.78 is 6.91. The van der Waals surface area contributed by atoms with Crippen molar-refractivity contribution in [1.29, 1.82) is 0 Å². The number of nitrogens with one attached hydrogen (secondary N) is 2. The Morgan fingerprint density at radius 1 is 0.833 bits per heavy atom. The highest BCUT2D eigenvalue weighted by atomic mass is 16.5. The van der Waals surface area contributed by atoms with Crippen LogP contribution in [0.25, 0.3) is 0 Å². The molecule has 0 saturated carbocycles. The summed E-state index contributed by atoms with van der Waals surface area (Å²) in [6.07, 6.45) is 1.80. The van der Waals surface area contributed by atoms with Crippen LogP contribution in [0.3, 0.4) is 0 Å². The number of carbonyl (C=O) groups excluding carboxylic acids is 2. The number of carbonyl (C=O) groups is 2. The van der Waals surface area contributed by atoms with E-state index in [-0.39, 0.29) is 18.0 Å². The van der Waals surface area contributed by atoms with Gasteiger partial charge in [0.2, 0.25) is 0 Å². The normalized spacial score (nSPS) is 23.4. The molecule has 3 aromatic rings. The molecular formula is C30H34N3O3+. The van der Waals surface area contributed by atoms with Gasteiger partial charge < -0.3 is 19.9 Å². The van der Waals surface area contributed by atoms with Crippen LogP contribution in [0.15, 0.2) is 91.0 Å². The van der Waals surface area contributed by atoms with Crippen molar-refractivity contribution < 1.29 is 18.8 Å². The van der Waals surface area contributed by atoms with Crippen molar-refractivity contribution in [3.05, 3.63) is 96.6 Å². The molecule has 0 aliphatic carbocycles. The molecule has 0 radical (unpaired) electrons. The van der Waals surface area contributed by atoms with E-state index in [2.05, 4.69) is 10.6 Å². The molecule has 36 heavy (non-hydrogen) atoms. The number of nitrogens with zero attached hydrogens (tertiary/aromatic N) is 1. The minimum atomic E-state index is -0.406. The van der Waals surface area contributed by atoms with Gasteiger partial charge in [-0.1, -0.05) is 66.7 Å². The van der Waals surface area contributed by atoms with Gasteiger partial charge in [0.1, 0.15) is 6.54 Å². The number of para-hydroxylation sites is 2. The molecule has 0 spiro atoms. The predicted octanol–water partition coefficient (Wildman–Crippen LogP) is 4.67. The third-order valence-electron chi connectivity index (χ3n) is 7.62. The maximum Gasteiger partial charge on any atom is 0.315 e. The van der Waals surface area contributed by atoms with Crippen LogP contribution in [0.2, 0.25) is 0 Å².